The molecular weight excluding hydrogens is 286 g/mol. The van der Waals surface area contributed by atoms with Crippen molar-refractivity contribution < 1.29 is 13.5 Å². The van der Waals surface area contributed by atoms with Crippen molar-refractivity contribution in [2.75, 3.05) is 6.54 Å². The lowest BCUT2D eigenvalue weighted by molar-refractivity contribution is 0.0303. The van der Waals surface area contributed by atoms with Crippen LogP contribution in [0.3, 0.4) is 0 Å². The van der Waals surface area contributed by atoms with Gasteiger partial charge < -0.3 is 5.11 Å². The van der Waals surface area contributed by atoms with Gasteiger partial charge in [-0.1, -0.05) is 44.7 Å². The molecule has 0 unspecified atom stereocenters. The average molecular weight is 311 g/mol. The van der Waals surface area contributed by atoms with Crippen molar-refractivity contribution in [2.45, 2.75) is 62.4 Å². The summed E-state index contributed by atoms with van der Waals surface area (Å²) in [5, 5.41) is 10.5. The summed E-state index contributed by atoms with van der Waals surface area (Å²) >= 11 is 0. The maximum Gasteiger partial charge on any atom is 0.240 e. The molecule has 1 aliphatic rings. The highest BCUT2D eigenvalue weighted by molar-refractivity contribution is 7.89. The van der Waals surface area contributed by atoms with Crippen LogP contribution in [0.5, 0.6) is 0 Å². The highest BCUT2D eigenvalue weighted by Gasteiger charge is 2.29. The number of rotatable bonds is 5. The summed E-state index contributed by atoms with van der Waals surface area (Å²) in [6.07, 6.45) is 6.38. The van der Waals surface area contributed by atoms with Gasteiger partial charge in [-0.2, -0.15) is 0 Å². The molecule has 0 heterocycles. The van der Waals surface area contributed by atoms with Gasteiger partial charge in [0.25, 0.3) is 0 Å². The van der Waals surface area contributed by atoms with Crippen LogP contribution in [0, 0.1) is 0 Å². The van der Waals surface area contributed by atoms with Gasteiger partial charge in [0, 0.05) is 6.54 Å². The second-order valence-electron chi connectivity index (χ2n) is 5.96. The van der Waals surface area contributed by atoms with E-state index < -0.39 is 15.6 Å². The third kappa shape index (κ3) is 4.53. The molecule has 0 saturated heterocycles. The van der Waals surface area contributed by atoms with Crippen molar-refractivity contribution in [3.05, 3.63) is 29.8 Å². The Morgan fingerprint density at radius 1 is 1.10 bits per heavy atom. The van der Waals surface area contributed by atoms with Crippen molar-refractivity contribution in [1.29, 1.82) is 0 Å². The van der Waals surface area contributed by atoms with Crippen LogP contribution >= 0.6 is 0 Å². The van der Waals surface area contributed by atoms with Crippen LogP contribution in [0.15, 0.2) is 29.2 Å². The zero-order chi connectivity index (χ0) is 15.3. The Kier molecular flexibility index (Phi) is 5.41. The third-order valence-corrected chi connectivity index (χ3v) is 5.68. The van der Waals surface area contributed by atoms with E-state index in [0.717, 1.165) is 37.7 Å². The van der Waals surface area contributed by atoms with Gasteiger partial charge in [-0.15, -0.1) is 0 Å². The van der Waals surface area contributed by atoms with E-state index in [2.05, 4.69) is 4.72 Å². The lowest BCUT2D eigenvalue weighted by atomic mass is 9.95. The molecule has 0 aromatic heterocycles. The number of sulfonamides is 1. The van der Waals surface area contributed by atoms with E-state index in [1.165, 1.54) is 0 Å². The number of aliphatic hydroxyl groups is 1. The van der Waals surface area contributed by atoms with E-state index in [-0.39, 0.29) is 11.4 Å². The van der Waals surface area contributed by atoms with Gasteiger partial charge >= 0.3 is 0 Å². The lowest BCUT2D eigenvalue weighted by Crippen LogP contribution is -2.42. The maximum absolute atomic E-state index is 12.3. The zero-order valence-electron chi connectivity index (χ0n) is 12.6. The highest BCUT2D eigenvalue weighted by atomic mass is 32.2. The minimum atomic E-state index is -3.54. The zero-order valence-corrected chi connectivity index (χ0v) is 13.5. The minimum Gasteiger partial charge on any atom is -0.389 e. The Balaban J connectivity index is 2.02. The largest absolute Gasteiger partial charge is 0.389 e. The molecule has 4 nitrogen and oxygen atoms in total. The summed E-state index contributed by atoms with van der Waals surface area (Å²) in [5.74, 6) is 0. The van der Waals surface area contributed by atoms with Crippen LogP contribution in [0.2, 0.25) is 0 Å². The first-order valence-electron chi connectivity index (χ1n) is 7.76. The summed E-state index contributed by atoms with van der Waals surface area (Å²) in [6, 6.07) is 6.90. The van der Waals surface area contributed by atoms with Crippen molar-refractivity contribution in [3.8, 4) is 0 Å². The monoisotopic (exact) mass is 311 g/mol. The second-order valence-corrected chi connectivity index (χ2v) is 7.73. The molecule has 1 fully saturated rings. The predicted octanol–water partition coefficient (Wildman–Crippen LogP) is 2.61. The summed E-state index contributed by atoms with van der Waals surface area (Å²) in [4.78, 5) is 0.261. The van der Waals surface area contributed by atoms with E-state index in [4.69, 9.17) is 0 Å². The molecule has 1 aromatic rings. The minimum absolute atomic E-state index is 0.102. The average Bonchev–Trinajstić information content (AvgIpc) is 2.71. The fourth-order valence-corrected chi connectivity index (χ4v) is 3.90. The standard InChI is InChI=1S/C16H25NO3S/c1-2-14-7-9-15(10-8-14)21(19,20)17-13-16(18)11-5-3-4-6-12-16/h7-10,17-18H,2-6,11-13H2,1H3. The van der Waals surface area contributed by atoms with Gasteiger partial charge in [0.15, 0.2) is 0 Å². The molecule has 2 rings (SSSR count). The van der Waals surface area contributed by atoms with Gasteiger partial charge in [-0.05, 0) is 37.0 Å². The molecule has 0 bridgehead atoms. The fourth-order valence-electron chi connectivity index (χ4n) is 2.78. The van der Waals surface area contributed by atoms with E-state index in [1.54, 1.807) is 12.1 Å². The Hall–Kier alpha value is -0.910. The Morgan fingerprint density at radius 3 is 2.19 bits per heavy atom. The molecule has 1 aliphatic carbocycles. The van der Waals surface area contributed by atoms with E-state index >= 15 is 0 Å². The van der Waals surface area contributed by atoms with Gasteiger partial charge in [-0.3, -0.25) is 0 Å². The predicted molar refractivity (Wildman–Crippen MR) is 83.7 cm³/mol. The van der Waals surface area contributed by atoms with Crippen molar-refractivity contribution in [2.24, 2.45) is 0 Å². The summed E-state index contributed by atoms with van der Waals surface area (Å²) in [6.45, 7) is 2.13. The van der Waals surface area contributed by atoms with Gasteiger partial charge in [-0.25, -0.2) is 13.1 Å². The summed E-state index contributed by atoms with van der Waals surface area (Å²) in [7, 11) is -3.54. The molecule has 0 amide bonds. The SMILES string of the molecule is CCc1ccc(S(=O)(=O)NCC2(O)CCCCCC2)cc1. The molecule has 1 aromatic carbocycles. The van der Waals surface area contributed by atoms with Crippen LogP contribution < -0.4 is 4.72 Å². The molecule has 21 heavy (non-hydrogen) atoms. The van der Waals surface area contributed by atoms with Crippen LogP contribution in [0.1, 0.15) is 51.0 Å². The summed E-state index contributed by atoms with van der Waals surface area (Å²) < 4.78 is 27.1. The smallest absolute Gasteiger partial charge is 0.240 e. The van der Waals surface area contributed by atoms with Crippen molar-refractivity contribution >= 4 is 10.0 Å². The topological polar surface area (TPSA) is 66.4 Å². The Morgan fingerprint density at radius 2 is 1.67 bits per heavy atom. The first kappa shape index (κ1) is 16.5. The number of benzene rings is 1. The maximum atomic E-state index is 12.3. The number of nitrogens with one attached hydrogen (secondary N) is 1. The van der Waals surface area contributed by atoms with Crippen LogP contribution in [0.4, 0.5) is 0 Å². The number of hydrogen-bond donors (Lipinski definition) is 2. The molecule has 0 atom stereocenters. The second kappa shape index (κ2) is 6.90. The highest BCUT2D eigenvalue weighted by Crippen LogP contribution is 2.26. The summed E-state index contributed by atoms with van der Waals surface area (Å²) in [5.41, 5.74) is 0.212. The van der Waals surface area contributed by atoms with E-state index in [9.17, 15) is 13.5 Å². The molecule has 0 spiro atoms. The Labute approximate surface area is 127 Å². The van der Waals surface area contributed by atoms with Gasteiger partial charge in [0.2, 0.25) is 10.0 Å². The van der Waals surface area contributed by atoms with Crippen LogP contribution in [0.25, 0.3) is 0 Å². The first-order valence-corrected chi connectivity index (χ1v) is 9.24. The van der Waals surface area contributed by atoms with Crippen molar-refractivity contribution in [1.82, 2.24) is 4.72 Å². The normalized spacial score (nSPS) is 19.1. The third-order valence-electron chi connectivity index (χ3n) is 4.27. The fraction of sp³-hybridized carbons (Fsp3) is 0.625. The van der Waals surface area contributed by atoms with E-state index in [0.29, 0.717) is 12.8 Å². The van der Waals surface area contributed by atoms with E-state index in [1.807, 2.05) is 19.1 Å². The first-order chi connectivity index (χ1) is 9.95. The molecular formula is C16H25NO3S. The van der Waals surface area contributed by atoms with Crippen LogP contribution in [-0.4, -0.2) is 25.7 Å². The van der Waals surface area contributed by atoms with Gasteiger partial charge in [0.05, 0.1) is 10.5 Å². The van der Waals surface area contributed by atoms with Crippen molar-refractivity contribution in [3.63, 3.8) is 0 Å². The van der Waals surface area contributed by atoms with Gasteiger partial charge in [0.1, 0.15) is 0 Å². The molecule has 0 radical (unpaired) electrons. The van der Waals surface area contributed by atoms with Crippen LogP contribution in [-0.2, 0) is 16.4 Å². The molecule has 2 N–H and O–H groups in total. The molecule has 0 aliphatic heterocycles. The number of aryl methyl sites for hydroxylation is 1. The molecule has 5 heteroatoms. The quantitative estimate of drug-likeness (QED) is 0.822. The molecule has 118 valence electrons. The Bertz CT molecular complexity index is 543. The molecule has 1 saturated carbocycles. The lowest BCUT2D eigenvalue weighted by Gasteiger charge is -2.26. The number of hydrogen-bond acceptors (Lipinski definition) is 3.